The lowest BCUT2D eigenvalue weighted by Crippen LogP contribution is -2.23. The van der Waals surface area contributed by atoms with Gasteiger partial charge >= 0.3 is 0 Å². The summed E-state index contributed by atoms with van der Waals surface area (Å²) in [7, 11) is 3.10. The predicted molar refractivity (Wildman–Crippen MR) is 82.3 cm³/mol. The Bertz CT molecular complexity index is 652. The summed E-state index contributed by atoms with van der Waals surface area (Å²) in [5, 5.41) is 3.89. The van der Waals surface area contributed by atoms with E-state index in [9.17, 15) is 4.79 Å². The third kappa shape index (κ3) is 3.52. The van der Waals surface area contributed by atoms with E-state index in [0.717, 1.165) is 15.6 Å². The van der Waals surface area contributed by atoms with Crippen LogP contribution in [0, 0.1) is 13.8 Å². The fourth-order valence-corrected chi connectivity index (χ4v) is 2.86. The molecule has 0 aliphatic carbocycles. The van der Waals surface area contributed by atoms with Crippen LogP contribution in [-0.2, 0) is 6.54 Å². The van der Waals surface area contributed by atoms with Gasteiger partial charge in [-0.05, 0) is 26.0 Å². The summed E-state index contributed by atoms with van der Waals surface area (Å²) in [4.78, 5) is 17.7. The second-order valence-electron chi connectivity index (χ2n) is 4.49. The third-order valence-corrected chi connectivity index (χ3v) is 4.14. The minimum atomic E-state index is -0.181. The highest BCUT2D eigenvalue weighted by Gasteiger charge is 2.14. The number of carbonyl (C=O) groups excluding carboxylic acids is 1. The zero-order chi connectivity index (χ0) is 15.4. The topological polar surface area (TPSA) is 60.5 Å². The maximum absolute atomic E-state index is 12.3. The first-order valence-electron chi connectivity index (χ1n) is 6.48. The zero-order valence-corrected chi connectivity index (χ0v) is 13.3. The molecule has 0 aliphatic heterocycles. The first kappa shape index (κ1) is 15.3. The number of aryl methyl sites for hydroxylation is 2. The van der Waals surface area contributed by atoms with Crippen LogP contribution in [0.15, 0.2) is 18.2 Å². The second kappa shape index (κ2) is 6.58. The molecule has 21 heavy (non-hydrogen) atoms. The number of hydrogen-bond donors (Lipinski definition) is 1. The maximum Gasteiger partial charge on any atom is 0.255 e. The van der Waals surface area contributed by atoms with E-state index in [1.54, 1.807) is 36.6 Å². The van der Waals surface area contributed by atoms with E-state index in [0.29, 0.717) is 23.6 Å². The summed E-state index contributed by atoms with van der Waals surface area (Å²) >= 11 is 1.59. The average molecular weight is 306 g/mol. The molecule has 112 valence electrons. The lowest BCUT2D eigenvalue weighted by Gasteiger charge is -2.10. The Hall–Kier alpha value is -2.08. The summed E-state index contributed by atoms with van der Waals surface area (Å²) in [5.41, 5.74) is 1.44. The van der Waals surface area contributed by atoms with Crippen molar-refractivity contribution in [3.8, 4) is 11.5 Å². The van der Waals surface area contributed by atoms with E-state index in [4.69, 9.17) is 9.47 Å². The molecule has 2 aromatic rings. The molecule has 0 atom stereocenters. The molecular weight excluding hydrogens is 288 g/mol. The van der Waals surface area contributed by atoms with E-state index in [1.165, 1.54) is 7.11 Å². The van der Waals surface area contributed by atoms with Crippen LogP contribution >= 0.6 is 11.3 Å². The van der Waals surface area contributed by atoms with Gasteiger partial charge in [-0.2, -0.15) is 0 Å². The van der Waals surface area contributed by atoms with Crippen LogP contribution in [0.5, 0.6) is 11.5 Å². The molecule has 6 heteroatoms. The normalized spacial score (nSPS) is 10.3. The molecule has 0 saturated heterocycles. The molecule has 1 N–H and O–H groups in total. The summed E-state index contributed by atoms with van der Waals surface area (Å²) in [5.74, 6) is 0.960. The second-order valence-corrected chi connectivity index (χ2v) is 5.78. The standard InChI is InChI=1S/C15H18N2O3S/c1-9-14(21-10(2)17-9)8-16-15(18)12-6-5-11(19-3)7-13(12)20-4/h5-7H,8H2,1-4H3,(H,16,18). The van der Waals surface area contributed by atoms with Crippen LogP contribution in [0.4, 0.5) is 0 Å². The smallest absolute Gasteiger partial charge is 0.255 e. The van der Waals surface area contributed by atoms with E-state index >= 15 is 0 Å². The van der Waals surface area contributed by atoms with E-state index in [2.05, 4.69) is 10.3 Å². The number of amides is 1. The van der Waals surface area contributed by atoms with Gasteiger partial charge in [-0.15, -0.1) is 11.3 Å². The van der Waals surface area contributed by atoms with Gasteiger partial charge in [0.2, 0.25) is 0 Å². The van der Waals surface area contributed by atoms with Crippen LogP contribution in [0.3, 0.4) is 0 Å². The minimum Gasteiger partial charge on any atom is -0.497 e. The molecule has 0 unspecified atom stereocenters. The Morgan fingerprint density at radius 2 is 2.05 bits per heavy atom. The van der Waals surface area contributed by atoms with Crippen molar-refractivity contribution in [2.75, 3.05) is 14.2 Å². The molecule has 1 aromatic carbocycles. The summed E-state index contributed by atoms with van der Waals surface area (Å²) in [6.07, 6.45) is 0. The molecule has 0 spiro atoms. The van der Waals surface area contributed by atoms with Crippen molar-refractivity contribution >= 4 is 17.2 Å². The molecule has 1 aromatic heterocycles. The lowest BCUT2D eigenvalue weighted by atomic mass is 10.1. The van der Waals surface area contributed by atoms with Gasteiger partial charge in [-0.25, -0.2) is 4.98 Å². The van der Waals surface area contributed by atoms with Crippen LogP contribution in [-0.4, -0.2) is 25.1 Å². The van der Waals surface area contributed by atoms with Crippen molar-refractivity contribution in [2.45, 2.75) is 20.4 Å². The fraction of sp³-hybridized carbons (Fsp3) is 0.333. The molecule has 0 radical (unpaired) electrons. The number of methoxy groups -OCH3 is 2. The Kier molecular flexibility index (Phi) is 4.80. The van der Waals surface area contributed by atoms with E-state index < -0.39 is 0 Å². The number of ether oxygens (including phenoxy) is 2. The first-order valence-corrected chi connectivity index (χ1v) is 7.30. The van der Waals surface area contributed by atoms with Crippen molar-refractivity contribution in [1.29, 1.82) is 0 Å². The summed E-state index contributed by atoms with van der Waals surface area (Å²) in [6.45, 7) is 4.36. The fourth-order valence-electron chi connectivity index (χ4n) is 1.98. The number of benzene rings is 1. The molecule has 0 bridgehead atoms. The molecule has 5 nitrogen and oxygen atoms in total. The van der Waals surface area contributed by atoms with Gasteiger partial charge in [-0.3, -0.25) is 4.79 Å². The summed E-state index contributed by atoms with van der Waals surface area (Å²) in [6, 6.07) is 5.12. The number of aromatic nitrogens is 1. The number of carbonyl (C=O) groups is 1. The highest BCUT2D eigenvalue weighted by Crippen LogP contribution is 2.24. The van der Waals surface area contributed by atoms with E-state index in [-0.39, 0.29) is 5.91 Å². The van der Waals surface area contributed by atoms with Crippen LogP contribution in [0.1, 0.15) is 25.9 Å². The molecule has 0 aliphatic rings. The van der Waals surface area contributed by atoms with Gasteiger partial charge in [0.15, 0.2) is 0 Å². The van der Waals surface area contributed by atoms with Crippen LogP contribution in [0.25, 0.3) is 0 Å². The molecule has 1 amide bonds. The average Bonchev–Trinajstić information content (AvgIpc) is 2.81. The summed E-state index contributed by atoms with van der Waals surface area (Å²) < 4.78 is 10.4. The Morgan fingerprint density at radius 3 is 2.62 bits per heavy atom. The largest absolute Gasteiger partial charge is 0.497 e. The number of rotatable bonds is 5. The number of nitrogens with zero attached hydrogens (tertiary/aromatic N) is 1. The maximum atomic E-state index is 12.3. The Morgan fingerprint density at radius 1 is 1.29 bits per heavy atom. The number of hydrogen-bond acceptors (Lipinski definition) is 5. The highest BCUT2D eigenvalue weighted by atomic mass is 32.1. The van der Waals surface area contributed by atoms with Crippen LogP contribution < -0.4 is 14.8 Å². The first-order chi connectivity index (χ1) is 10.0. The van der Waals surface area contributed by atoms with Gasteiger partial charge in [-0.1, -0.05) is 0 Å². The Balaban J connectivity index is 2.11. The number of nitrogens with one attached hydrogen (secondary N) is 1. The molecule has 1 heterocycles. The highest BCUT2D eigenvalue weighted by molar-refractivity contribution is 7.11. The van der Waals surface area contributed by atoms with Crippen molar-refractivity contribution < 1.29 is 14.3 Å². The minimum absolute atomic E-state index is 0.181. The van der Waals surface area contributed by atoms with Gasteiger partial charge in [0.25, 0.3) is 5.91 Å². The number of thiazole rings is 1. The molecule has 0 saturated carbocycles. The van der Waals surface area contributed by atoms with Crippen molar-refractivity contribution in [3.63, 3.8) is 0 Å². The van der Waals surface area contributed by atoms with Crippen LogP contribution in [0.2, 0.25) is 0 Å². The van der Waals surface area contributed by atoms with Crippen molar-refractivity contribution in [1.82, 2.24) is 10.3 Å². The SMILES string of the molecule is COc1ccc(C(=O)NCc2sc(C)nc2C)c(OC)c1. The quantitative estimate of drug-likeness (QED) is 0.922. The van der Waals surface area contributed by atoms with Gasteiger partial charge < -0.3 is 14.8 Å². The zero-order valence-electron chi connectivity index (χ0n) is 12.5. The van der Waals surface area contributed by atoms with Gasteiger partial charge in [0, 0.05) is 10.9 Å². The molecule has 0 fully saturated rings. The van der Waals surface area contributed by atoms with Crippen molar-refractivity contribution in [3.05, 3.63) is 39.3 Å². The van der Waals surface area contributed by atoms with Gasteiger partial charge in [0.1, 0.15) is 11.5 Å². The van der Waals surface area contributed by atoms with Crippen molar-refractivity contribution in [2.24, 2.45) is 0 Å². The van der Waals surface area contributed by atoms with E-state index in [1.807, 2.05) is 13.8 Å². The monoisotopic (exact) mass is 306 g/mol. The molecular formula is C15H18N2O3S. The van der Waals surface area contributed by atoms with Gasteiger partial charge in [0.05, 0.1) is 37.0 Å². The lowest BCUT2D eigenvalue weighted by molar-refractivity contribution is 0.0948. The Labute approximate surface area is 127 Å². The molecule has 2 rings (SSSR count). The predicted octanol–water partition coefficient (Wildman–Crippen LogP) is 2.71. The third-order valence-electron chi connectivity index (χ3n) is 3.06.